The van der Waals surface area contributed by atoms with Crippen molar-refractivity contribution in [2.75, 3.05) is 41.8 Å². The summed E-state index contributed by atoms with van der Waals surface area (Å²) >= 11 is 0. The van der Waals surface area contributed by atoms with Gasteiger partial charge in [-0.25, -0.2) is 0 Å². The Hall–Kier alpha value is -5.39. The Balaban J connectivity index is 1.29. The highest BCUT2D eigenvalue weighted by molar-refractivity contribution is 5.94. The second kappa shape index (κ2) is 11.3. The lowest BCUT2D eigenvalue weighted by Crippen LogP contribution is -2.43. The van der Waals surface area contributed by atoms with Crippen LogP contribution in [0.4, 0.5) is 0 Å². The van der Waals surface area contributed by atoms with Gasteiger partial charge in [-0.3, -0.25) is 14.7 Å². The summed E-state index contributed by atoms with van der Waals surface area (Å²) in [5, 5.41) is 10.4. The number of carbonyl (C=O) groups is 2. The second-order valence-corrected chi connectivity index (χ2v) is 10.9. The molecule has 4 aromatic rings. The van der Waals surface area contributed by atoms with Crippen LogP contribution in [-0.4, -0.2) is 63.9 Å². The first-order valence-electron chi connectivity index (χ1n) is 14.3. The van der Waals surface area contributed by atoms with Gasteiger partial charge >= 0.3 is 5.97 Å². The van der Waals surface area contributed by atoms with Crippen molar-refractivity contribution in [1.29, 1.82) is 0 Å². The lowest BCUT2D eigenvalue weighted by molar-refractivity contribution is -0.141. The van der Waals surface area contributed by atoms with E-state index in [0.29, 0.717) is 34.4 Å². The molecule has 12 nitrogen and oxygen atoms in total. The number of cyclic esters (lactones) is 1. The number of H-pyrrole nitrogens is 1. The number of esters is 1. The number of hydrogen-bond acceptors (Lipinski definition) is 10. The van der Waals surface area contributed by atoms with Crippen LogP contribution in [0.2, 0.25) is 0 Å². The Kier molecular flexibility index (Phi) is 7.11. The first kappa shape index (κ1) is 28.4. The number of rotatable bonds is 8. The molecule has 0 spiro atoms. The summed E-state index contributed by atoms with van der Waals surface area (Å²) in [4.78, 5) is 27.2. The van der Waals surface area contributed by atoms with Gasteiger partial charge in [0.15, 0.2) is 23.0 Å². The number of benzene rings is 3. The van der Waals surface area contributed by atoms with Gasteiger partial charge in [-0.05, 0) is 71.3 Å². The maximum Gasteiger partial charge on any atom is 0.310 e. The molecule has 1 aliphatic carbocycles. The SMILES string of the molecule is COc1ccc(-c2cc(C(=O)N[C@@H]3c4cc5c(cc4[C@@H](c4cc(OC)c(OC)c(OC)c4)[C@H]4C(=O)OC[C@@H]43)OCO5)[nH]n2)cc1. The van der Waals surface area contributed by atoms with Crippen LogP contribution in [0.25, 0.3) is 11.3 Å². The summed E-state index contributed by atoms with van der Waals surface area (Å²) in [5.74, 6) is 0.979. The third kappa shape index (κ3) is 4.73. The van der Waals surface area contributed by atoms with E-state index in [1.165, 1.54) is 7.11 Å². The molecule has 1 aromatic heterocycles. The molecule has 3 aliphatic rings. The summed E-state index contributed by atoms with van der Waals surface area (Å²) in [6.07, 6.45) is 0. The largest absolute Gasteiger partial charge is 0.497 e. The Morgan fingerprint density at radius 1 is 0.867 bits per heavy atom. The van der Waals surface area contributed by atoms with Crippen LogP contribution in [0.5, 0.6) is 34.5 Å². The maximum absolute atomic E-state index is 13.7. The molecular weight excluding hydrogens is 582 g/mol. The van der Waals surface area contributed by atoms with Gasteiger partial charge in [0.25, 0.3) is 5.91 Å². The molecule has 1 saturated heterocycles. The summed E-state index contributed by atoms with van der Waals surface area (Å²) in [7, 11) is 6.22. The fourth-order valence-corrected chi connectivity index (χ4v) is 6.60. The van der Waals surface area contributed by atoms with Gasteiger partial charge in [-0.2, -0.15) is 5.10 Å². The second-order valence-electron chi connectivity index (χ2n) is 10.9. The number of nitrogens with zero attached hydrogens (tertiary/aromatic N) is 1. The molecule has 232 valence electrons. The molecule has 1 fully saturated rings. The molecule has 0 radical (unpaired) electrons. The topological polar surface area (TPSA) is 139 Å². The molecular formula is C33H31N3O9. The van der Waals surface area contributed by atoms with E-state index in [9.17, 15) is 9.59 Å². The van der Waals surface area contributed by atoms with Crippen molar-refractivity contribution in [2.45, 2.75) is 12.0 Å². The van der Waals surface area contributed by atoms with Crippen molar-refractivity contribution < 1.29 is 42.7 Å². The Morgan fingerprint density at radius 2 is 1.56 bits per heavy atom. The van der Waals surface area contributed by atoms with Crippen molar-refractivity contribution in [3.63, 3.8) is 0 Å². The zero-order valence-electron chi connectivity index (χ0n) is 25.0. The minimum atomic E-state index is -0.623. The van der Waals surface area contributed by atoms with Crippen LogP contribution < -0.4 is 33.7 Å². The minimum Gasteiger partial charge on any atom is -0.497 e. The molecule has 1 amide bonds. The monoisotopic (exact) mass is 613 g/mol. The zero-order valence-corrected chi connectivity index (χ0v) is 25.0. The number of amides is 1. The third-order valence-corrected chi connectivity index (χ3v) is 8.73. The summed E-state index contributed by atoms with van der Waals surface area (Å²) < 4.78 is 39.2. The molecule has 0 unspecified atom stereocenters. The summed E-state index contributed by atoms with van der Waals surface area (Å²) in [5.41, 5.74) is 4.06. The number of carbonyl (C=O) groups excluding carboxylic acids is 2. The average molecular weight is 614 g/mol. The lowest BCUT2D eigenvalue weighted by atomic mass is 9.65. The van der Waals surface area contributed by atoms with Gasteiger partial charge in [0, 0.05) is 17.4 Å². The number of methoxy groups -OCH3 is 4. The van der Waals surface area contributed by atoms with Gasteiger partial charge < -0.3 is 38.5 Å². The smallest absolute Gasteiger partial charge is 0.310 e. The Morgan fingerprint density at radius 3 is 2.20 bits per heavy atom. The highest BCUT2D eigenvalue weighted by Gasteiger charge is 2.53. The summed E-state index contributed by atoms with van der Waals surface area (Å²) in [6, 6.07) is 15.9. The van der Waals surface area contributed by atoms with E-state index < -0.39 is 17.9 Å². The molecule has 2 N–H and O–H groups in total. The van der Waals surface area contributed by atoms with Crippen molar-refractivity contribution in [1.82, 2.24) is 15.5 Å². The first-order chi connectivity index (χ1) is 21.9. The van der Waals surface area contributed by atoms with E-state index in [-0.39, 0.29) is 36.9 Å². The fourth-order valence-electron chi connectivity index (χ4n) is 6.60. The van der Waals surface area contributed by atoms with E-state index in [4.69, 9.17) is 33.2 Å². The Bertz CT molecular complexity index is 1760. The van der Waals surface area contributed by atoms with Gasteiger partial charge in [0.1, 0.15) is 11.4 Å². The molecule has 2 aliphatic heterocycles. The number of nitrogens with one attached hydrogen (secondary N) is 2. The molecule has 12 heteroatoms. The molecule has 4 atom stereocenters. The van der Waals surface area contributed by atoms with E-state index in [1.54, 1.807) is 27.4 Å². The van der Waals surface area contributed by atoms with Gasteiger partial charge in [-0.15, -0.1) is 0 Å². The molecule has 7 rings (SSSR count). The van der Waals surface area contributed by atoms with E-state index in [1.807, 2.05) is 48.5 Å². The lowest BCUT2D eigenvalue weighted by Gasteiger charge is -2.39. The minimum absolute atomic E-state index is 0.0707. The van der Waals surface area contributed by atoms with Crippen molar-refractivity contribution >= 4 is 11.9 Å². The third-order valence-electron chi connectivity index (χ3n) is 8.73. The number of ether oxygens (including phenoxy) is 7. The van der Waals surface area contributed by atoms with Gasteiger partial charge in [0.05, 0.1) is 52.7 Å². The predicted molar refractivity (Wildman–Crippen MR) is 159 cm³/mol. The van der Waals surface area contributed by atoms with Crippen LogP contribution >= 0.6 is 0 Å². The van der Waals surface area contributed by atoms with Crippen molar-refractivity contribution in [3.05, 3.63) is 77.0 Å². The highest BCUT2D eigenvalue weighted by atomic mass is 16.7. The van der Waals surface area contributed by atoms with Gasteiger partial charge in [-0.1, -0.05) is 0 Å². The quantitative estimate of drug-likeness (QED) is 0.277. The number of fused-ring (bicyclic) bond motifs is 3. The van der Waals surface area contributed by atoms with Gasteiger partial charge in [0.2, 0.25) is 12.5 Å². The van der Waals surface area contributed by atoms with Crippen LogP contribution in [0.15, 0.2) is 54.6 Å². The standard InChI is InChI=1S/C33H31N3O9/c1-39-18-7-5-16(6-8-18)22-13-23(36-35-22)32(37)34-30-20-12-25-24(44-15-45-25)11-19(20)28(29-21(30)14-43-33(29)38)17-9-26(40-2)31(42-4)27(10-17)41-3/h5-13,21,28-30H,14-15H2,1-4H3,(H,34,37)(H,35,36)/t21-,28+,29-,30+/m0/s1. The van der Waals surface area contributed by atoms with E-state index in [0.717, 1.165) is 28.0 Å². The number of hydrogen-bond donors (Lipinski definition) is 2. The normalized spacial score (nSPS) is 20.9. The zero-order chi connectivity index (χ0) is 31.2. The van der Waals surface area contributed by atoms with Crippen molar-refractivity contribution in [3.8, 4) is 45.8 Å². The number of aromatic nitrogens is 2. The van der Waals surface area contributed by atoms with Crippen LogP contribution in [-0.2, 0) is 9.53 Å². The molecule has 0 saturated carbocycles. The van der Waals surface area contributed by atoms with Crippen LogP contribution in [0.3, 0.4) is 0 Å². The average Bonchev–Trinajstić information content (AvgIpc) is 3.84. The molecule has 45 heavy (non-hydrogen) atoms. The predicted octanol–water partition coefficient (Wildman–Crippen LogP) is 4.25. The highest BCUT2D eigenvalue weighted by Crippen LogP contribution is 2.55. The van der Waals surface area contributed by atoms with E-state index in [2.05, 4.69) is 15.5 Å². The number of aromatic amines is 1. The first-order valence-corrected chi connectivity index (χ1v) is 14.3. The Labute approximate surface area is 258 Å². The van der Waals surface area contributed by atoms with E-state index >= 15 is 0 Å². The molecule has 3 aromatic carbocycles. The van der Waals surface area contributed by atoms with Crippen LogP contribution in [0.1, 0.15) is 39.1 Å². The molecule has 3 heterocycles. The molecule has 0 bridgehead atoms. The van der Waals surface area contributed by atoms with Crippen LogP contribution in [0, 0.1) is 11.8 Å². The summed E-state index contributed by atoms with van der Waals surface area (Å²) in [6.45, 7) is 0.199. The fraction of sp³-hybridized carbons (Fsp3) is 0.303. The maximum atomic E-state index is 13.7. The van der Waals surface area contributed by atoms with Crippen molar-refractivity contribution in [2.24, 2.45) is 11.8 Å².